The van der Waals surface area contributed by atoms with E-state index in [2.05, 4.69) is 16.4 Å². The van der Waals surface area contributed by atoms with E-state index < -0.39 is 0 Å². The summed E-state index contributed by atoms with van der Waals surface area (Å²) in [5, 5.41) is 3.89. The van der Waals surface area contributed by atoms with Crippen LogP contribution in [0.2, 0.25) is 10.0 Å². The van der Waals surface area contributed by atoms with Gasteiger partial charge in [-0.05, 0) is 43.5 Å². The summed E-state index contributed by atoms with van der Waals surface area (Å²) in [5.41, 5.74) is 1.95. The molecule has 2 fully saturated rings. The summed E-state index contributed by atoms with van der Waals surface area (Å²) in [6, 6.07) is 5.13. The molecular weight excluding hydrogens is 347 g/mol. The van der Waals surface area contributed by atoms with Crippen molar-refractivity contribution < 1.29 is 9.53 Å². The van der Waals surface area contributed by atoms with Gasteiger partial charge in [-0.25, -0.2) is 0 Å². The van der Waals surface area contributed by atoms with E-state index in [1.807, 2.05) is 6.21 Å². The number of halogens is 2. The molecule has 0 aliphatic carbocycles. The van der Waals surface area contributed by atoms with Gasteiger partial charge >= 0.3 is 0 Å². The zero-order chi connectivity index (χ0) is 16.7. The van der Waals surface area contributed by atoms with Crippen molar-refractivity contribution in [2.45, 2.75) is 31.5 Å². The minimum Gasteiger partial charge on any atom is -0.373 e. The maximum absolute atomic E-state index is 12.9. The van der Waals surface area contributed by atoms with Gasteiger partial charge in [-0.1, -0.05) is 28.8 Å². The molecule has 2 saturated heterocycles. The molecule has 0 saturated carbocycles. The molecular formula is C18H18Cl2N2O2. The standard InChI is InChI=1S/C18H18Cl2N2O2/c19-12-2-1-11(9-13(12)20)22-18(23)17-15-4-3-14(24-15)16(17)10-5-7-21-8-6-10/h1-2,5,7,9,14-17H,3-4,6,8H2,(H,22,23)/t14-,15+,16-,17+/m0/s1. The van der Waals surface area contributed by atoms with Crippen LogP contribution in [0, 0.1) is 11.8 Å². The number of hydrogen-bond donors (Lipinski definition) is 1. The normalized spacial score (nSPS) is 31.2. The monoisotopic (exact) mass is 364 g/mol. The molecule has 1 N–H and O–H groups in total. The predicted octanol–water partition coefficient (Wildman–Crippen LogP) is 4.13. The van der Waals surface area contributed by atoms with Gasteiger partial charge in [0.2, 0.25) is 5.91 Å². The fraction of sp³-hybridized carbons (Fsp3) is 0.444. The van der Waals surface area contributed by atoms with Crippen molar-refractivity contribution in [3.8, 4) is 0 Å². The molecule has 0 spiro atoms. The SMILES string of the molecule is O=C(Nc1ccc(Cl)c(Cl)c1)[C@H]1[C@@H](C2=CC=NCC2)[C@@H]2CC[C@H]1O2. The fourth-order valence-electron chi connectivity index (χ4n) is 4.06. The quantitative estimate of drug-likeness (QED) is 0.876. The summed E-state index contributed by atoms with van der Waals surface area (Å²) in [7, 11) is 0. The van der Waals surface area contributed by atoms with Crippen molar-refractivity contribution >= 4 is 41.0 Å². The molecule has 0 aromatic heterocycles. The number of ether oxygens (including phenoxy) is 1. The first-order valence-electron chi connectivity index (χ1n) is 8.24. The lowest BCUT2D eigenvalue weighted by atomic mass is 9.73. The molecule has 1 aromatic carbocycles. The number of dihydropyridines is 1. The van der Waals surface area contributed by atoms with E-state index in [0.717, 1.165) is 25.8 Å². The molecule has 1 aromatic rings. The van der Waals surface area contributed by atoms with Crippen molar-refractivity contribution in [3.05, 3.63) is 39.9 Å². The number of fused-ring (bicyclic) bond motifs is 2. The highest BCUT2D eigenvalue weighted by atomic mass is 35.5. The van der Waals surface area contributed by atoms with Crippen LogP contribution in [0.5, 0.6) is 0 Å². The maximum Gasteiger partial charge on any atom is 0.230 e. The molecule has 3 aliphatic heterocycles. The van der Waals surface area contributed by atoms with Gasteiger partial charge in [0.05, 0.1) is 28.2 Å². The fourth-order valence-corrected chi connectivity index (χ4v) is 4.36. The number of rotatable bonds is 3. The van der Waals surface area contributed by atoms with E-state index in [9.17, 15) is 4.79 Å². The van der Waals surface area contributed by atoms with Crippen LogP contribution >= 0.6 is 23.2 Å². The molecule has 6 heteroatoms. The van der Waals surface area contributed by atoms with Crippen LogP contribution in [0.25, 0.3) is 0 Å². The third kappa shape index (κ3) is 2.87. The average Bonchev–Trinajstić information content (AvgIpc) is 3.20. The molecule has 1 amide bonds. The molecule has 0 radical (unpaired) electrons. The van der Waals surface area contributed by atoms with Crippen LogP contribution in [-0.2, 0) is 9.53 Å². The van der Waals surface area contributed by atoms with Gasteiger partial charge in [0.25, 0.3) is 0 Å². The molecule has 3 aliphatic rings. The van der Waals surface area contributed by atoms with Gasteiger partial charge in [-0.15, -0.1) is 0 Å². The van der Waals surface area contributed by atoms with E-state index >= 15 is 0 Å². The van der Waals surface area contributed by atoms with Gasteiger partial charge in [0.15, 0.2) is 0 Å². The second-order valence-electron chi connectivity index (χ2n) is 6.51. The number of hydrogen-bond acceptors (Lipinski definition) is 3. The van der Waals surface area contributed by atoms with Crippen LogP contribution in [-0.4, -0.2) is 30.9 Å². The van der Waals surface area contributed by atoms with Gasteiger partial charge in [-0.3, -0.25) is 9.79 Å². The Bertz CT molecular complexity index is 732. The van der Waals surface area contributed by atoms with E-state index in [1.165, 1.54) is 5.57 Å². The second-order valence-corrected chi connectivity index (χ2v) is 7.32. The highest BCUT2D eigenvalue weighted by Crippen LogP contribution is 2.48. The number of allylic oxidation sites excluding steroid dienone is 1. The first kappa shape index (κ1) is 16.1. The Hall–Kier alpha value is -1.36. The molecule has 0 unspecified atom stereocenters. The maximum atomic E-state index is 12.9. The first-order valence-corrected chi connectivity index (χ1v) is 8.99. The number of benzene rings is 1. The van der Waals surface area contributed by atoms with Crippen LogP contribution in [0.1, 0.15) is 19.3 Å². The number of amides is 1. The minimum atomic E-state index is -0.157. The summed E-state index contributed by atoms with van der Waals surface area (Å²) in [6.45, 7) is 0.793. The van der Waals surface area contributed by atoms with Gasteiger partial charge in [-0.2, -0.15) is 0 Å². The summed E-state index contributed by atoms with van der Waals surface area (Å²) in [5.74, 6) is -0.0109. The number of carbonyl (C=O) groups excluding carboxylic acids is 1. The Morgan fingerprint density at radius 1 is 1.21 bits per heavy atom. The van der Waals surface area contributed by atoms with E-state index in [0.29, 0.717) is 15.7 Å². The molecule has 3 heterocycles. The van der Waals surface area contributed by atoms with E-state index in [4.69, 9.17) is 27.9 Å². The number of aliphatic imine (C=N–C) groups is 1. The Balaban J connectivity index is 1.56. The van der Waals surface area contributed by atoms with Gasteiger partial charge < -0.3 is 10.1 Å². The van der Waals surface area contributed by atoms with Crippen molar-refractivity contribution in [2.24, 2.45) is 16.8 Å². The van der Waals surface area contributed by atoms with E-state index in [1.54, 1.807) is 18.2 Å². The van der Waals surface area contributed by atoms with Crippen molar-refractivity contribution in [1.82, 2.24) is 0 Å². The van der Waals surface area contributed by atoms with Gasteiger partial charge in [0, 0.05) is 24.4 Å². The van der Waals surface area contributed by atoms with Crippen LogP contribution < -0.4 is 5.32 Å². The summed E-state index contributed by atoms with van der Waals surface area (Å²) < 4.78 is 6.06. The third-order valence-corrected chi connectivity index (χ3v) is 5.85. The first-order chi connectivity index (χ1) is 11.6. The lowest BCUT2D eigenvalue weighted by molar-refractivity contribution is -0.122. The number of carbonyl (C=O) groups is 1. The Morgan fingerprint density at radius 2 is 2.04 bits per heavy atom. The largest absolute Gasteiger partial charge is 0.373 e. The zero-order valence-corrected chi connectivity index (χ0v) is 14.6. The highest BCUT2D eigenvalue weighted by molar-refractivity contribution is 6.42. The number of anilines is 1. The molecule has 24 heavy (non-hydrogen) atoms. The summed E-state index contributed by atoms with van der Waals surface area (Å²) in [6.07, 6.45) is 6.93. The smallest absolute Gasteiger partial charge is 0.230 e. The van der Waals surface area contributed by atoms with Crippen molar-refractivity contribution in [2.75, 3.05) is 11.9 Å². The van der Waals surface area contributed by atoms with Crippen molar-refractivity contribution in [1.29, 1.82) is 0 Å². The zero-order valence-electron chi connectivity index (χ0n) is 13.0. The second kappa shape index (κ2) is 6.51. The topological polar surface area (TPSA) is 50.7 Å². The van der Waals surface area contributed by atoms with Crippen LogP contribution in [0.15, 0.2) is 34.8 Å². The molecule has 4 rings (SSSR count). The van der Waals surface area contributed by atoms with Crippen LogP contribution in [0.4, 0.5) is 5.69 Å². The summed E-state index contributed by atoms with van der Waals surface area (Å²) >= 11 is 12.0. The predicted molar refractivity (Wildman–Crippen MR) is 96.0 cm³/mol. The highest BCUT2D eigenvalue weighted by Gasteiger charge is 2.53. The minimum absolute atomic E-state index is 0.00235. The lowest BCUT2D eigenvalue weighted by Gasteiger charge is -2.29. The molecule has 4 atom stereocenters. The van der Waals surface area contributed by atoms with Crippen molar-refractivity contribution in [3.63, 3.8) is 0 Å². The average molecular weight is 365 g/mol. The Kier molecular flexibility index (Phi) is 4.37. The molecule has 126 valence electrons. The van der Waals surface area contributed by atoms with Crippen LogP contribution in [0.3, 0.4) is 0 Å². The molecule has 2 bridgehead atoms. The Morgan fingerprint density at radius 3 is 2.79 bits per heavy atom. The van der Waals surface area contributed by atoms with Gasteiger partial charge in [0.1, 0.15) is 0 Å². The number of nitrogens with one attached hydrogen (secondary N) is 1. The third-order valence-electron chi connectivity index (χ3n) is 5.11. The summed E-state index contributed by atoms with van der Waals surface area (Å²) in [4.78, 5) is 17.2. The lowest BCUT2D eigenvalue weighted by Crippen LogP contribution is -2.38. The van der Waals surface area contributed by atoms with E-state index in [-0.39, 0.29) is 30.0 Å². The Labute approximate surface area is 150 Å². The molecule has 4 nitrogen and oxygen atoms in total. The number of nitrogens with zero attached hydrogens (tertiary/aromatic N) is 1.